The van der Waals surface area contributed by atoms with Gasteiger partial charge < -0.3 is 14.4 Å². The maximum atomic E-state index is 12.5. The summed E-state index contributed by atoms with van der Waals surface area (Å²) in [5, 5.41) is 9.37. The van der Waals surface area contributed by atoms with Crippen molar-refractivity contribution in [3.8, 4) is 0 Å². The van der Waals surface area contributed by atoms with E-state index in [-0.39, 0.29) is 23.6 Å². The van der Waals surface area contributed by atoms with Crippen molar-refractivity contribution < 1.29 is 18.3 Å². The number of aromatic nitrogens is 1. The number of nitrogens with one attached hydrogen (secondary N) is 1. The smallest absolute Gasteiger partial charge is 0.242 e. The van der Waals surface area contributed by atoms with E-state index in [4.69, 9.17) is 4.74 Å². The van der Waals surface area contributed by atoms with Gasteiger partial charge in [0, 0.05) is 31.1 Å². The van der Waals surface area contributed by atoms with Crippen molar-refractivity contribution in [1.29, 1.82) is 0 Å². The summed E-state index contributed by atoms with van der Waals surface area (Å²) in [6, 6.07) is 1.85. The zero-order valence-corrected chi connectivity index (χ0v) is 13.0. The van der Waals surface area contributed by atoms with Crippen LogP contribution < -0.4 is 4.72 Å². The van der Waals surface area contributed by atoms with Crippen molar-refractivity contribution in [2.75, 3.05) is 7.11 Å². The Morgan fingerprint density at radius 3 is 2.71 bits per heavy atom. The highest BCUT2D eigenvalue weighted by atomic mass is 32.2. The molecule has 0 saturated heterocycles. The highest BCUT2D eigenvalue weighted by Crippen LogP contribution is 2.37. The Hall–Kier alpha value is -0.890. The molecule has 0 amide bonds. The van der Waals surface area contributed by atoms with Gasteiger partial charge >= 0.3 is 0 Å². The summed E-state index contributed by atoms with van der Waals surface area (Å²) in [6.45, 7) is -0.138. The number of methoxy groups -OCH3 is 1. The molecule has 0 aliphatic heterocycles. The molecule has 0 spiro atoms. The second-order valence-electron chi connectivity index (χ2n) is 5.95. The molecule has 118 valence electrons. The van der Waals surface area contributed by atoms with E-state index in [1.807, 2.05) is 4.57 Å². The maximum Gasteiger partial charge on any atom is 0.242 e. The third kappa shape index (κ3) is 3.15. The minimum absolute atomic E-state index is 0.0678. The van der Waals surface area contributed by atoms with Crippen LogP contribution >= 0.6 is 0 Å². The number of hydrogen-bond donors (Lipinski definition) is 2. The average Bonchev–Trinajstić information content (AvgIpc) is 3.04. The van der Waals surface area contributed by atoms with Crippen LogP contribution in [0, 0.1) is 0 Å². The van der Waals surface area contributed by atoms with Gasteiger partial charge in [0.1, 0.15) is 0 Å². The molecule has 2 unspecified atom stereocenters. The Bertz CT molecular complexity index is 606. The Labute approximate surface area is 125 Å². The molecule has 6 nitrogen and oxygen atoms in total. The Kier molecular flexibility index (Phi) is 4.09. The topological polar surface area (TPSA) is 80.6 Å². The van der Waals surface area contributed by atoms with Gasteiger partial charge in [0.2, 0.25) is 10.0 Å². The molecule has 2 atom stereocenters. The van der Waals surface area contributed by atoms with Crippen LogP contribution in [0.4, 0.5) is 0 Å². The second kappa shape index (κ2) is 5.72. The summed E-state index contributed by atoms with van der Waals surface area (Å²) < 4.78 is 34.8. The molecule has 3 rings (SSSR count). The van der Waals surface area contributed by atoms with Crippen molar-refractivity contribution in [1.82, 2.24) is 9.29 Å². The highest BCUT2D eigenvalue weighted by molar-refractivity contribution is 7.89. The number of sulfonamides is 1. The monoisotopic (exact) mass is 314 g/mol. The van der Waals surface area contributed by atoms with E-state index in [1.54, 1.807) is 19.4 Å². The summed E-state index contributed by atoms with van der Waals surface area (Å²) in [7, 11) is -1.87. The number of aliphatic hydroxyl groups is 1. The fraction of sp³-hybridized carbons (Fsp3) is 0.714. The van der Waals surface area contributed by atoms with Gasteiger partial charge in [-0.1, -0.05) is 0 Å². The van der Waals surface area contributed by atoms with Crippen molar-refractivity contribution >= 4 is 10.0 Å². The van der Waals surface area contributed by atoms with Gasteiger partial charge in [-0.15, -0.1) is 0 Å². The summed E-state index contributed by atoms with van der Waals surface area (Å²) in [5.74, 6) is 0. The van der Waals surface area contributed by atoms with Crippen molar-refractivity contribution in [2.24, 2.45) is 0 Å². The summed E-state index contributed by atoms with van der Waals surface area (Å²) in [5.41, 5.74) is 0.666. The van der Waals surface area contributed by atoms with E-state index in [2.05, 4.69) is 4.72 Å². The van der Waals surface area contributed by atoms with Gasteiger partial charge in [-0.25, -0.2) is 13.1 Å². The lowest BCUT2D eigenvalue weighted by atomic mass is 10.3. The van der Waals surface area contributed by atoms with Crippen LogP contribution in [0.3, 0.4) is 0 Å². The molecule has 0 radical (unpaired) electrons. The number of nitrogens with zero attached hydrogens (tertiary/aromatic N) is 1. The molecule has 2 fully saturated rings. The van der Waals surface area contributed by atoms with Crippen LogP contribution in [0.1, 0.15) is 43.8 Å². The molecule has 1 aromatic rings. The first-order valence-electron chi connectivity index (χ1n) is 7.40. The van der Waals surface area contributed by atoms with Gasteiger partial charge in [-0.2, -0.15) is 0 Å². The Balaban J connectivity index is 1.75. The lowest BCUT2D eigenvalue weighted by Gasteiger charge is -2.12. The fourth-order valence-electron chi connectivity index (χ4n) is 3.01. The molecule has 2 aliphatic rings. The minimum Gasteiger partial charge on any atom is -0.390 e. The molecule has 1 aromatic heterocycles. The predicted octanol–water partition coefficient (Wildman–Crippen LogP) is 1.16. The molecule has 0 aromatic carbocycles. The van der Waals surface area contributed by atoms with Gasteiger partial charge in [0.25, 0.3) is 0 Å². The fourth-order valence-corrected chi connectivity index (χ4v) is 4.34. The summed E-state index contributed by atoms with van der Waals surface area (Å²) in [4.78, 5) is 0.249. The second-order valence-corrected chi connectivity index (χ2v) is 7.67. The Morgan fingerprint density at radius 2 is 2.14 bits per heavy atom. The van der Waals surface area contributed by atoms with Gasteiger partial charge in [0.05, 0.1) is 17.6 Å². The van der Waals surface area contributed by atoms with Crippen LogP contribution in [0.15, 0.2) is 17.2 Å². The van der Waals surface area contributed by atoms with Crippen LogP contribution in [0.2, 0.25) is 0 Å². The quantitative estimate of drug-likeness (QED) is 0.826. The van der Waals surface area contributed by atoms with E-state index in [0.29, 0.717) is 18.2 Å². The van der Waals surface area contributed by atoms with Gasteiger partial charge in [-0.3, -0.25) is 0 Å². The largest absolute Gasteiger partial charge is 0.390 e. The molecule has 2 aliphatic carbocycles. The first-order valence-corrected chi connectivity index (χ1v) is 8.88. The van der Waals surface area contributed by atoms with Gasteiger partial charge in [-0.05, 0) is 38.2 Å². The zero-order chi connectivity index (χ0) is 15.0. The van der Waals surface area contributed by atoms with Crippen LogP contribution in [0.5, 0.6) is 0 Å². The van der Waals surface area contributed by atoms with Crippen LogP contribution in [0.25, 0.3) is 0 Å². The van der Waals surface area contributed by atoms with E-state index in [1.165, 1.54) is 0 Å². The standard InChI is InChI=1S/C14H22N2O4S/c1-20-13-5-2-10(6-13)15-21(18,19)14-7-12(9-17)16(8-14)11-3-4-11/h7-8,10-11,13,15,17H,2-6,9H2,1H3. The first kappa shape index (κ1) is 15.0. The average molecular weight is 314 g/mol. The SMILES string of the molecule is COC1CCC(NS(=O)(=O)c2cc(CO)n(C3CC3)c2)C1. The number of aliphatic hydroxyl groups excluding tert-OH is 1. The first-order chi connectivity index (χ1) is 10.0. The van der Waals surface area contributed by atoms with Gasteiger partial charge in [0.15, 0.2) is 0 Å². The molecular formula is C14H22N2O4S. The lowest BCUT2D eigenvalue weighted by Crippen LogP contribution is -2.33. The van der Waals surface area contributed by atoms with E-state index in [0.717, 1.165) is 25.7 Å². The Morgan fingerprint density at radius 1 is 1.38 bits per heavy atom. The van der Waals surface area contributed by atoms with Crippen molar-refractivity contribution in [2.45, 2.75) is 61.8 Å². The summed E-state index contributed by atoms with van der Waals surface area (Å²) >= 11 is 0. The molecule has 1 heterocycles. The highest BCUT2D eigenvalue weighted by Gasteiger charge is 2.31. The van der Waals surface area contributed by atoms with Crippen molar-refractivity contribution in [3.05, 3.63) is 18.0 Å². The molecular weight excluding hydrogens is 292 g/mol. The summed E-state index contributed by atoms with van der Waals surface area (Å²) in [6.07, 6.45) is 6.28. The maximum absolute atomic E-state index is 12.5. The molecule has 0 bridgehead atoms. The molecule has 2 N–H and O–H groups in total. The molecule has 7 heteroatoms. The normalized spacial score (nSPS) is 26.4. The third-order valence-corrected chi connectivity index (χ3v) is 5.85. The molecule has 2 saturated carbocycles. The van der Waals surface area contributed by atoms with E-state index >= 15 is 0 Å². The molecule has 21 heavy (non-hydrogen) atoms. The third-order valence-electron chi connectivity index (χ3n) is 4.36. The predicted molar refractivity (Wildman–Crippen MR) is 77.4 cm³/mol. The number of hydrogen-bond acceptors (Lipinski definition) is 4. The van der Waals surface area contributed by atoms with E-state index < -0.39 is 10.0 Å². The van der Waals surface area contributed by atoms with Crippen molar-refractivity contribution in [3.63, 3.8) is 0 Å². The van der Waals surface area contributed by atoms with Crippen LogP contribution in [-0.4, -0.2) is 37.3 Å². The zero-order valence-electron chi connectivity index (χ0n) is 12.2. The number of ether oxygens (including phenoxy) is 1. The number of rotatable bonds is 6. The van der Waals surface area contributed by atoms with E-state index in [9.17, 15) is 13.5 Å². The van der Waals surface area contributed by atoms with Crippen LogP contribution in [-0.2, 0) is 21.4 Å². The minimum atomic E-state index is -3.53. The lowest BCUT2D eigenvalue weighted by molar-refractivity contribution is 0.107.